The fourth-order valence-electron chi connectivity index (χ4n) is 1.83. The molecule has 112 valence electrons. The molecule has 0 aromatic heterocycles. The van der Waals surface area contributed by atoms with Crippen LogP contribution in [0.5, 0.6) is 11.5 Å². The van der Waals surface area contributed by atoms with Crippen molar-refractivity contribution >= 4 is 0 Å². The van der Waals surface area contributed by atoms with Crippen LogP contribution in [0.4, 0.5) is 13.2 Å². The zero-order valence-electron chi connectivity index (χ0n) is 11.1. The SMILES string of the molecule is NCCOc1ccc(-c2ccccc2)c(OC(F)(F)F)c1. The van der Waals surface area contributed by atoms with Crippen LogP contribution in [0.15, 0.2) is 48.5 Å². The summed E-state index contributed by atoms with van der Waals surface area (Å²) >= 11 is 0. The van der Waals surface area contributed by atoms with Crippen molar-refractivity contribution in [3.63, 3.8) is 0 Å². The van der Waals surface area contributed by atoms with Gasteiger partial charge in [0.2, 0.25) is 0 Å². The monoisotopic (exact) mass is 297 g/mol. The maximum atomic E-state index is 12.5. The molecule has 0 saturated heterocycles. The summed E-state index contributed by atoms with van der Waals surface area (Å²) in [4.78, 5) is 0. The Hall–Kier alpha value is -2.21. The van der Waals surface area contributed by atoms with Gasteiger partial charge in [-0.2, -0.15) is 0 Å². The van der Waals surface area contributed by atoms with Crippen LogP contribution in [0.2, 0.25) is 0 Å². The molecule has 2 aromatic carbocycles. The minimum Gasteiger partial charge on any atom is -0.492 e. The second-order valence-corrected chi connectivity index (χ2v) is 4.21. The molecule has 0 bridgehead atoms. The van der Waals surface area contributed by atoms with E-state index in [2.05, 4.69) is 4.74 Å². The summed E-state index contributed by atoms with van der Waals surface area (Å²) in [7, 11) is 0. The van der Waals surface area contributed by atoms with Crippen LogP contribution in [-0.2, 0) is 0 Å². The Labute approximate surface area is 120 Å². The van der Waals surface area contributed by atoms with Gasteiger partial charge in [0.05, 0.1) is 0 Å². The molecule has 0 radical (unpaired) electrons. The fraction of sp³-hybridized carbons (Fsp3) is 0.200. The van der Waals surface area contributed by atoms with E-state index in [1.807, 2.05) is 0 Å². The predicted molar refractivity (Wildman–Crippen MR) is 73.1 cm³/mol. The second kappa shape index (κ2) is 6.49. The van der Waals surface area contributed by atoms with Crippen molar-refractivity contribution < 1.29 is 22.6 Å². The number of hydrogen-bond donors (Lipinski definition) is 1. The number of halogens is 3. The van der Waals surface area contributed by atoms with E-state index in [1.165, 1.54) is 12.1 Å². The summed E-state index contributed by atoms with van der Waals surface area (Å²) in [6, 6.07) is 13.0. The Balaban J connectivity index is 2.39. The van der Waals surface area contributed by atoms with Crippen molar-refractivity contribution in [1.82, 2.24) is 0 Å². The predicted octanol–water partition coefficient (Wildman–Crippen LogP) is 3.59. The molecule has 0 aliphatic carbocycles. The molecule has 2 aromatic rings. The second-order valence-electron chi connectivity index (χ2n) is 4.21. The molecule has 0 saturated carbocycles. The molecule has 3 nitrogen and oxygen atoms in total. The highest BCUT2D eigenvalue weighted by molar-refractivity contribution is 5.71. The van der Waals surface area contributed by atoms with Gasteiger partial charge in [0.1, 0.15) is 18.1 Å². The quantitative estimate of drug-likeness (QED) is 0.917. The molecule has 0 heterocycles. The van der Waals surface area contributed by atoms with Crippen molar-refractivity contribution in [1.29, 1.82) is 0 Å². The van der Waals surface area contributed by atoms with Gasteiger partial charge in [-0.3, -0.25) is 0 Å². The molecule has 0 aliphatic heterocycles. The number of alkyl halides is 3. The summed E-state index contributed by atoms with van der Waals surface area (Å²) in [5, 5.41) is 0. The first-order valence-electron chi connectivity index (χ1n) is 6.27. The lowest BCUT2D eigenvalue weighted by molar-refractivity contribution is -0.274. The largest absolute Gasteiger partial charge is 0.573 e. The van der Waals surface area contributed by atoms with E-state index in [4.69, 9.17) is 10.5 Å². The van der Waals surface area contributed by atoms with Gasteiger partial charge in [-0.15, -0.1) is 13.2 Å². The highest BCUT2D eigenvalue weighted by atomic mass is 19.4. The van der Waals surface area contributed by atoms with Crippen LogP contribution < -0.4 is 15.2 Å². The lowest BCUT2D eigenvalue weighted by atomic mass is 10.0. The van der Waals surface area contributed by atoms with Crippen LogP contribution in [0.3, 0.4) is 0 Å². The van der Waals surface area contributed by atoms with E-state index in [0.29, 0.717) is 11.1 Å². The van der Waals surface area contributed by atoms with Crippen LogP contribution in [0.1, 0.15) is 0 Å². The molecule has 2 N–H and O–H groups in total. The first-order valence-corrected chi connectivity index (χ1v) is 6.27. The Morgan fingerprint density at radius 3 is 2.33 bits per heavy atom. The highest BCUT2D eigenvalue weighted by Gasteiger charge is 2.32. The zero-order chi connectivity index (χ0) is 15.3. The average molecular weight is 297 g/mol. The normalized spacial score (nSPS) is 11.2. The molecule has 0 atom stereocenters. The first-order chi connectivity index (χ1) is 9.99. The van der Waals surface area contributed by atoms with E-state index < -0.39 is 6.36 Å². The molecule has 2 rings (SSSR count). The summed E-state index contributed by atoms with van der Waals surface area (Å²) in [5.41, 5.74) is 6.27. The van der Waals surface area contributed by atoms with Crippen molar-refractivity contribution in [2.75, 3.05) is 13.2 Å². The van der Waals surface area contributed by atoms with Gasteiger partial charge in [0, 0.05) is 18.2 Å². The van der Waals surface area contributed by atoms with Crippen LogP contribution >= 0.6 is 0 Å². The van der Waals surface area contributed by atoms with E-state index in [-0.39, 0.29) is 24.7 Å². The van der Waals surface area contributed by atoms with E-state index in [1.54, 1.807) is 36.4 Å². The van der Waals surface area contributed by atoms with Gasteiger partial charge >= 0.3 is 6.36 Å². The van der Waals surface area contributed by atoms with Gasteiger partial charge < -0.3 is 15.2 Å². The summed E-state index contributed by atoms with van der Waals surface area (Å²) < 4.78 is 46.9. The highest BCUT2D eigenvalue weighted by Crippen LogP contribution is 2.36. The van der Waals surface area contributed by atoms with Crippen molar-refractivity contribution in [2.24, 2.45) is 5.73 Å². The minimum absolute atomic E-state index is 0.218. The zero-order valence-corrected chi connectivity index (χ0v) is 11.1. The molecule has 0 aliphatic rings. The molecule has 0 fully saturated rings. The standard InChI is InChI=1S/C15H14F3NO2/c16-15(17,18)21-14-10-12(20-9-8-19)6-7-13(14)11-4-2-1-3-5-11/h1-7,10H,8-9,19H2. The summed E-state index contributed by atoms with van der Waals surface area (Å²) in [5.74, 6) is -0.0254. The molecule has 21 heavy (non-hydrogen) atoms. The molecule has 0 unspecified atom stereocenters. The third-order valence-electron chi connectivity index (χ3n) is 2.65. The third kappa shape index (κ3) is 4.39. The summed E-state index contributed by atoms with van der Waals surface area (Å²) in [6.07, 6.45) is -4.77. The van der Waals surface area contributed by atoms with Gasteiger partial charge in [-0.25, -0.2) is 0 Å². The van der Waals surface area contributed by atoms with Gasteiger partial charge in [-0.05, 0) is 17.7 Å². The number of nitrogens with two attached hydrogens (primary N) is 1. The first kappa shape index (κ1) is 15.2. The average Bonchev–Trinajstić information content (AvgIpc) is 2.44. The fourth-order valence-corrected chi connectivity index (χ4v) is 1.83. The lowest BCUT2D eigenvalue weighted by Crippen LogP contribution is -2.18. The Bertz CT molecular complexity index is 585. The van der Waals surface area contributed by atoms with E-state index in [0.717, 1.165) is 0 Å². The Kier molecular flexibility index (Phi) is 4.70. The van der Waals surface area contributed by atoms with Crippen molar-refractivity contribution in [3.05, 3.63) is 48.5 Å². The van der Waals surface area contributed by atoms with Gasteiger partial charge in [-0.1, -0.05) is 30.3 Å². The molecular weight excluding hydrogens is 283 g/mol. The van der Waals surface area contributed by atoms with E-state index >= 15 is 0 Å². The lowest BCUT2D eigenvalue weighted by Gasteiger charge is -2.15. The third-order valence-corrected chi connectivity index (χ3v) is 2.65. The van der Waals surface area contributed by atoms with Crippen LogP contribution in [0, 0.1) is 0 Å². The Morgan fingerprint density at radius 1 is 1.00 bits per heavy atom. The van der Waals surface area contributed by atoms with E-state index in [9.17, 15) is 13.2 Å². The van der Waals surface area contributed by atoms with Crippen molar-refractivity contribution in [3.8, 4) is 22.6 Å². The van der Waals surface area contributed by atoms with Crippen LogP contribution in [0.25, 0.3) is 11.1 Å². The minimum atomic E-state index is -4.77. The number of hydrogen-bond acceptors (Lipinski definition) is 3. The van der Waals surface area contributed by atoms with Crippen LogP contribution in [-0.4, -0.2) is 19.5 Å². The number of benzene rings is 2. The van der Waals surface area contributed by atoms with Gasteiger partial charge in [0.15, 0.2) is 0 Å². The number of rotatable bonds is 5. The molecule has 6 heteroatoms. The maximum Gasteiger partial charge on any atom is 0.573 e. The molecular formula is C15H14F3NO2. The van der Waals surface area contributed by atoms with Crippen molar-refractivity contribution in [2.45, 2.75) is 6.36 Å². The maximum absolute atomic E-state index is 12.5. The molecule has 0 spiro atoms. The van der Waals surface area contributed by atoms with Gasteiger partial charge in [0.25, 0.3) is 0 Å². The summed E-state index contributed by atoms with van der Waals surface area (Å²) in [6.45, 7) is 0.492. The molecule has 0 amide bonds. The smallest absolute Gasteiger partial charge is 0.492 e. The Morgan fingerprint density at radius 2 is 1.71 bits per heavy atom. The topological polar surface area (TPSA) is 44.5 Å². The number of ether oxygens (including phenoxy) is 2.